The number of benzene rings is 1. The van der Waals surface area contributed by atoms with Gasteiger partial charge in [0, 0.05) is 49.4 Å². The van der Waals surface area contributed by atoms with E-state index < -0.39 is 0 Å². The Morgan fingerprint density at radius 2 is 1.87 bits per heavy atom. The molecule has 6 nitrogen and oxygen atoms in total. The molecule has 0 bridgehead atoms. The Morgan fingerprint density at radius 1 is 1.07 bits per heavy atom. The van der Waals surface area contributed by atoms with Crippen LogP contribution >= 0.6 is 11.6 Å². The topological polar surface area (TPSA) is 63.1 Å². The van der Waals surface area contributed by atoms with Crippen LogP contribution in [0.4, 0.5) is 5.69 Å². The van der Waals surface area contributed by atoms with Gasteiger partial charge in [-0.15, -0.1) is 0 Å². The van der Waals surface area contributed by atoms with Crippen molar-refractivity contribution >= 4 is 23.2 Å². The highest BCUT2D eigenvalue weighted by molar-refractivity contribution is 6.33. The number of hydrogen-bond acceptors (Lipinski definition) is 4. The quantitative estimate of drug-likeness (QED) is 0.696. The molecule has 3 aromatic rings. The van der Waals surface area contributed by atoms with E-state index >= 15 is 0 Å². The van der Waals surface area contributed by atoms with Crippen molar-refractivity contribution in [2.45, 2.75) is 25.8 Å². The molecule has 2 aliphatic rings. The fourth-order valence-electron chi connectivity index (χ4n) is 4.67. The van der Waals surface area contributed by atoms with Crippen LogP contribution in [0.2, 0.25) is 5.02 Å². The monoisotopic (exact) mass is 421 g/mol. The van der Waals surface area contributed by atoms with Crippen LogP contribution in [-0.2, 0) is 11.3 Å². The van der Waals surface area contributed by atoms with Gasteiger partial charge in [-0.2, -0.15) is 5.10 Å². The number of carbonyl (C=O) groups excluding carboxylic acids is 1. The van der Waals surface area contributed by atoms with Gasteiger partial charge in [-0.05, 0) is 24.8 Å². The molecular formula is C23H24ClN5O. The van der Waals surface area contributed by atoms with E-state index in [2.05, 4.69) is 32.4 Å². The summed E-state index contributed by atoms with van der Waals surface area (Å²) in [5.74, 6) is 0.213. The van der Waals surface area contributed by atoms with Gasteiger partial charge in [-0.3, -0.25) is 14.5 Å². The normalized spacial score (nSPS) is 18.0. The SMILES string of the molecule is O=C1NCCC12CCN(c1c(Cl)cncc1-c1cnn(Cc3ccccc3)c1)CC2. The molecular weight excluding hydrogens is 398 g/mol. The number of nitrogens with zero attached hydrogens (tertiary/aromatic N) is 4. The Kier molecular flexibility index (Phi) is 4.95. The van der Waals surface area contributed by atoms with Crippen LogP contribution in [0.15, 0.2) is 55.1 Å². The zero-order valence-corrected chi connectivity index (χ0v) is 17.5. The van der Waals surface area contributed by atoms with Crippen LogP contribution in [0.5, 0.6) is 0 Å². The Hall–Kier alpha value is -2.86. The molecule has 2 saturated heterocycles. The molecule has 0 unspecified atom stereocenters. The largest absolute Gasteiger partial charge is 0.370 e. The van der Waals surface area contributed by atoms with E-state index in [0.717, 1.165) is 55.7 Å². The van der Waals surface area contributed by atoms with Crippen LogP contribution in [-0.4, -0.2) is 40.3 Å². The van der Waals surface area contributed by atoms with Crippen LogP contribution in [0, 0.1) is 5.41 Å². The fourth-order valence-corrected chi connectivity index (χ4v) is 4.95. The molecule has 2 fully saturated rings. The number of amides is 1. The third-order valence-corrected chi connectivity index (χ3v) is 6.69. The Bertz CT molecular complexity index is 1060. The summed E-state index contributed by atoms with van der Waals surface area (Å²) >= 11 is 6.62. The second-order valence-corrected chi connectivity index (χ2v) is 8.61. The number of nitrogens with one attached hydrogen (secondary N) is 1. The first kappa shape index (κ1) is 19.1. The van der Waals surface area contributed by atoms with Gasteiger partial charge in [0.25, 0.3) is 0 Å². The molecule has 7 heteroatoms. The van der Waals surface area contributed by atoms with Gasteiger partial charge >= 0.3 is 0 Å². The van der Waals surface area contributed by atoms with Crippen LogP contribution in [0.25, 0.3) is 11.1 Å². The van der Waals surface area contributed by atoms with Gasteiger partial charge in [0.05, 0.1) is 28.9 Å². The van der Waals surface area contributed by atoms with E-state index in [1.165, 1.54) is 5.56 Å². The first-order chi connectivity index (χ1) is 14.6. The number of piperidine rings is 1. The van der Waals surface area contributed by atoms with E-state index in [0.29, 0.717) is 11.6 Å². The number of halogens is 1. The fraction of sp³-hybridized carbons (Fsp3) is 0.348. The summed E-state index contributed by atoms with van der Waals surface area (Å²) in [5.41, 5.74) is 3.96. The van der Waals surface area contributed by atoms with E-state index in [1.54, 1.807) is 6.20 Å². The molecule has 1 spiro atoms. The molecule has 2 aliphatic heterocycles. The summed E-state index contributed by atoms with van der Waals surface area (Å²) in [6.07, 6.45) is 10.1. The Balaban J connectivity index is 1.40. The lowest BCUT2D eigenvalue weighted by Crippen LogP contribution is -2.44. The van der Waals surface area contributed by atoms with Gasteiger partial charge in [-0.1, -0.05) is 41.9 Å². The van der Waals surface area contributed by atoms with Gasteiger partial charge in [0.2, 0.25) is 5.91 Å². The van der Waals surface area contributed by atoms with E-state index in [-0.39, 0.29) is 11.3 Å². The van der Waals surface area contributed by atoms with Crippen molar-refractivity contribution in [3.05, 3.63) is 65.7 Å². The zero-order chi connectivity index (χ0) is 20.6. The third kappa shape index (κ3) is 3.45. The number of hydrogen-bond donors (Lipinski definition) is 1. The van der Waals surface area contributed by atoms with Gasteiger partial charge in [0.1, 0.15) is 0 Å². The number of anilines is 1. The molecule has 1 aromatic carbocycles. The lowest BCUT2D eigenvalue weighted by Gasteiger charge is -2.39. The average molecular weight is 422 g/mol. The zero-order valence-electron chi connectivity index (χ0n) is 16.7. The highest BCUT2D eigenvalue weighted by atomic mass is 35.5. The summed E-state index contributed by atoms with van der Waals surface area (Å²) in [4.78, 5) is 19.0. The summed E-state index contributed by atoms with van der Waals surface area (Å²) < 4.78 is 1.93. The molecule has 4 heterocycles. The maximum absolute atomic E-state index is 12.3. The minimum atomic E-state index is -0.198. The Labute approximate surface area is 180 Å². The molecule has 1 amide bonds. The summed E-state index contributed by atoms with van der Waals surface area (Å²) in [6, 6.07) is 10.3. The first-order valence-corrected chi connectivity index (χ1v) is 10.8. The van der Waals surface area contributed by atoms with Crippen molar-refractivity contribution in [1.82, 2.24) is 20.1 Å². The highest BCUT2D eigenvalue weighted by Crippen LogP contribution is 2.43. The predicted molar refractivity (Wildman–Crippen MR) is 118 cm³/mol. The maximum atomic E-state index is 12.3. The Morgan fingerprint density at radius 3 is 2.60 bits per heavy atom. The highest BCUT2D eigenvalue weighted by Gasteiger charge is 2.44. The summed E-state index contributed by atoms with van der Waals surface area (Å²) in [5, 5.41) is 8.18. The van der Waals surface area contributed by atoms with Gasteiger partial charge in [0.15, 0.2) is 0 Å². The molecule has 0 aliphatic carbocycles. The second-order valence-electron chi connectivity index (χ2n) is 8.20. The van der Waals surface area contributed by atoms with Crippen LogP contribution in [0.3, 0.4) is 0 Å². The van der Waals surface area contributed by atoms with Gasteiger partial charge < -0.3 is 10.2 Å². The average Bonchev–Trinajstić information content (AvgIpc) is 3.37. The third-order valence-electron chi connectivity index (χ3n) is 6.41. The summed E-state index contributed by atoms with van der Waals surface area (Å²) in [6.45, 7) is 3.12. The minimum Gasteiger partial charge on any atom is -0.370 e. The lowest BCUT2D eigenvalue weighted by atomic mass is 9.77. The van der Waals surface area contributed by atoms with Crippen molar-refractivity contribution in [1.29, 1.82) is 0 Å². The van der Waals surface area contributed by atoms with Crippen molar-refractivity contribution in [3.8, 4) is 11.1 Å². The molecule has 0 atom stereocenters. The lowest BCUT2D eigenvalue weighted by molar-refractivity contribution is -0.128. The van der Waals surface area contributed by atoms with Crippen LogP contribution in [0.1, 0.15) is 24.8 Å². The number of carbonyl (C=O) groups is 1. The maximum Gasteiger partial charge on any atom is 0.226 e. The van der Waals surface area contributed by atoms with Crippen LogP contribution < -0.4 is 10.2 Å². The van der Waals surface area contributed by atoms with E-state index in [9.17, 15) is 4.79 Å². The van der Waals surface area contributed by atoms with E-state index in [1.807, 2.05) is 41.5 Å². The van der Waals surface area contributed by atoms with Crippen molar-refractivity contribution < 1.29 is 4.79 Å². The standard InChI is InChI=1S/C23H24ClN5O/c24-20-14-25-13-19(18-12-27-29(16-18)15-17-4-2-1-3-5-17)21(20)28-10-7-23(8-11-28)6-9-26-22(23)30/h1-5,12-14,16H,6-11,15H2,(H,26,30). The number of pyridine rings is 1. The molecule has 30 heavy (non-hydrogen) atoms. The molecule has 0 radical (unpaired) electrons. The molecule has 0 saturated carbocycles. The number of rotatable bonds is 4. The van der Waals surface area contributed by atoms with Crippen molar-refractivity contribution in [2.75, 3.05) is 24.5 Å². The molecule has 1 N–H and O–H groups in total. The number of aromatic nitrogens is 3. The van der Waals surface area contributed by atoms with Crippen molar-refractivity contribution in [2.24, 2.45) is 5.41 Å². The van der Waals surface area contributed by atoms with Crippen molar-refractivity contribution in [3.63, 3.8) is 0 Å². The molecule has 2 aromatic heterocycles. The smallest absolute Gasteiger partial charge is 0.226 e. The molecule has 154 valence electrons. The molecule has 5 rings (SSSR count). The summed E-state index contributed by atoms with van der Waals surface area (Å²) in [7, 11) is 0. The second kappa shape index (κ2) is 7.76. The van der Waals surface area contributed by atoms with E-state index in [4.69, 9.17) is 11.6 Å². The predicted octanol–water partition coefficient (Wildman–Crippen LogP) is 3.75. The minimum absolute atomic E-state index is 0.198. The first-order valence-electron chi connectivity index (χ1n) is 10.4. The van der Waals surface area contributed by atoms with Gasteiger partial charge in [-0.25, -0.2) is 0 Å².